The molecule has 0 unspecified atom stereocenters. The number of terminal acetylenes is 1. The summed E-state index contributed by atoms with van der Waals surface area (Å²) in [6.45, 7) is 2.28. The maximum Gasteiger partial charge on any atom is 0.224 e. The van der Waals surface area contributed by atoms with Crippen LogP contribution in [0.3, 0.4) is 0 Å². The third-order valence-electron chi connectivity index (χ3n) is 1.20. The quantitative estimate of drug-likeness (QED) is 0.555. The maximum absolute atomic E-state index is 5.62. The fourth-order valence-corrected chi connectivity index (χ4v) is 0.989. The van der Waals surface area contributed by atoms with E-state index in [-0.39, 0.29) is 5.28 Å². The van der Waals surface area contributed by atoms with Crippen LogP contribution in [0.1, 0.15) is 5.69 Å². The normalized spacial score (nSPS) is 9.08. The summed E-state index contributed by atoms with van der Waals surface area (Å²) in [7, 11) is 0. The van der Waals surface area contributed by atoms with Crippen molar-refractivity contribution in [2.24, 2.45) is 0 Å². The fourth-order valence-electron chi connectivity index (χ4n) is 0.764. The number of hydrogen-bond donors (Lipinski definition) is 1. The van der Waals surface area contributed by atoms with Gasteiger partial charge < -0.3 is 5.32 Å². The van der Waals surface area contributed by atoms with Gasteiger partial charge in [-0.2, -0.15) is 0 Å². The molecule has 0 fully saturated rings. The fraction of sp³-hybridized carbons (Fsp3) is 0.250. The van der Waals surface area contributed by atoms with Gasteiger partial charge in [-0.25, -0.2) is 9.97 Å². The van der Waals surface area contributed by atoms with Crippen molar-refractivity contribution in [2.45, 2.75) is 6.92 Å². The number of anilines is 1. The summed E-state index contributed by atoms with van der Waals surface area (Å²) in [6.07, 6.45) is 5.06. The van der Waals surface area contributed by atoms with E-state index in [1.165, 1.54) is 0 Å². The first-order valence-corrected chi connectivity index (χ1v) is 3.78. The van der Waals surface area contributed by atoms with Crippen molar-refractivity contribution in [3.8, 4) is 12.3 Å². The second-order valence-corrected chi connectivity index (χ2v) is 2.56. The Bertz CT molecular complexity index is 296. The molecule has 0 aliphatic carbocycles. The van der Waals surface area contributed by atoms with E-state index in [1.807, 2.05) is 6.92 Å². The first kappa shape index (κ1) is 8.82. The van der Waals surface area contributed by atoms with Gasteiger partial charge in [0.15, 0.2) is 0 Å². The summed E-state index contributed by atoms with van der Waals surface area (Å²) >= 11 is 5.62. The first-order chi connectivity index (χ1) is 5.72. The minimum atomic E-state index is 0.231. The molecule has 62 valence electrons. The third-order valence-corrected chi connectivity index (χ3v) is 1.37. The molecular formula is C8H8ClN3. The van der Waals surface area contributed by atoms with Crippen LogP contribution < -0.4 is 5.32 Å². The lowest BCUT2D eigenvalue weighted by molar-refractivity contribution is 1.09. The van der Waals surface area contributed by atoms with E-state index in [9.17, 15) is 0 Å². The van der Waals surface area contributed by atoms with E-state index in [2.05, 4.69) is 21.2 Å². The number of aromatic nitrogens is 2. The molecule has 0 aromatic carbocycles. The predicted octanol–water partition coefficient (Wildman–Crippen LogP) is 1.48. The monoisotopic (exact) mass is 181 g/mol. The number of rotatable bonds is 2. The van der Waals surface area contributed by atoms with Gasteiger partial charge in [-0.15, -0.1) is 6.42 Å². The lowest BCUT2D eigenvalue weighted by atomic mass is 10.4. The molecule has 1 rings (SSSR count). The number of nitrogens with one attached hydrogen (secondary N) is 1. The zero-order valence-electron chi connectivity index (χ0n) is 6.63. The third kappa shape index (κ3) is 2.40. The van der Waals surface area contributed by atoms with Gasteiger partial charge in [0.05, 0.1) is 6.54 Å². The predicted molar refractivity (Wildman–Crippen MR) is 49.1 cm³/mol. The molecule has 1 heterocycles. The van der Waals surface area contributed by atoms with Crippen molar-refractivity contribution >= 4 is 17.4 Å². The number of hydrogen-bond acceptors (Lipinski definition) is 3. The van der Waals surface area contributed by atoms with Gasteiger partial charge in [0, 0.05) is 11.8 Å². The summed E-state index contributed by atoms with van der Waals surface area (Å²) in [5.41, 5.74) is 0.814. The van der Waals surface area contributed by atoms with Crippen molar-refractivity contribution in [3.63, 3.8) is 0 Å². The summed E-state index contributed by atoms with van der Waals surface area (Å²) < 4.78 is 0. The van der Waals surface area contributed by atoms with Gasteiger partial charge in [0.2, 0.25) is 5.28 Å². The molecule has 0 spiro atoms. The van der Waals surface area contributed by atoms with Crippen LogP contribution in [-0.4, -0.2) is 16.5 Å². The van der Waals surface area contributed by atoms with E-state index in [0.717, 1.165) is 5.69 Å². The molecule has 0 saturated heterocycles. The van der Waals surface area contributed by atoms with Crippen LogP contribution in [0, 0.1) is 19.3 Å². The SMILES string of the molecule is C#CCNc1cc(C)nc(Cl)n1. The summed E-state index contributed by atoms with van der Waals surface area (Å²) in [6, 6.07) is 1.78. The molecule has 1 N–H and O–H groups in total. The molecule has 0 aliphatic rings. The van der Waals surface area contributed by atoms with Gasteiger partial charge in [0.25, 0.3) is 0 Å². The van der Waals surface area contributed by atoms with Crippen LogP contribution in [0.15, 0.2) is 6.07 Å². The molecule has 12 heavy (non-hydrogen) atoms. The highest BCUT2D eigenvalue weighted by atomic mass is 35.5. The van der Waals surface area contributed by atoms with Gasteiger partial charge in [-0.1, -0.05) is 5.92 Å². The van der Waals surface area contributed by atoms with Crippen molar-refractivity contribution in [1.82, 2.24) is 9.97 Å². The Hall–Kier alpha value is -1.27. The average molecular weight is 182 g/mol. The van der Waals surface area contributed by atoms with E-state index >= 15 is 0 Å². The largest absolute Gasteiger partial charge is 0.359 e. The second-order valence-electron chi connectivity index (χ2n) is 2.22. The summed E-state index contributed by atoms with van der Waals surface area (Å²) in [4.78, 5) is 7.82. The van der Waals surface area contributed by atoms with Crippen LogP contribution in [0.4, 0.5) is 5.82 Å². The molecular weight excluding hydrogens is 174 g/mol. The average Bonchev–Trinajstić information content (AvgIpc) is 1.99. The molecule has 0 bridgehead atoms. The lowest BCUT2D eigenvalue weighted by Crippen LogP contribution is -2.02. The number of halogens is 1. The Labute approximate surface area is 76.2 Å². The lowest BCUT2D eigenvalue weighted by Gasteiger charge is -2.01. The van der Waals surface area contributed by atoms with Crippen molar-refractivity contribution in [2.75, 3.05) is 11.9 Å². The Morgan fingerprint density at radius 1 is 1.67 bits per heavy atom. The zero-order chi connectivity index (χ0) is 8.97. The van der Waals surface area contributed by atoms with Crippen LogP contribution >= 0.6 is 11.6 Å². The highest BCUT2D eigenvalue weighted by molar-refractivity contribution is 6.28. The number of aryl methyl sites for hydroxylation is 1. The van der Waals surface area contributed by atoms with Crippen LogP contribution in [0.2, 0.25) is 5.28 Å². The van der Waals surface area contributed by atoms with E-state index < -0.39 is 0 Å². The Balaban J connectivity index is 2.80. The van der Waals surface area contributed by atoms with E-state index in [0.29, 0.717) is 12.4 Å². The molecule has 1 aromatic rings. The standard InChI is InChI=1S/C8H8ClN3/c1-3-4-10-7-5-6(2)11-8(9)12-7/h1,5H,4H2,2H3,(H,10,11,12). The molecule has 1 aromatic heterocycles. The zero-order valence-corrected chi connectivity index (χ0v) is 7.39. The summed E-state index contributed by atoms with van der Waals surface area (Å²) in [5, 5.41) is 3.14. The molecule has 4 heteroatoms. The minimum absolute atomic E-state index is 0.231. The molecule has 0 radical (unpaired) electrons. The van der Waals surface area contributed by atoms with Crippen LogP contribution in [0.25, 0.3) is 0 Å². The Morgan fingerprint density at radius 3 is 3.00 bits per heavy atom. The molecule has 3 nitrogen and oxygen atoms in total. The summed E-state index contributed by atoms with van der Waals surface area (Å²) in [5.74, 6) is 3.10. The highest BCUT2D eigenvalue weighted by Crippen LogP contribution is 2.08. The second kappa shape index (κ2) is 3.93. The van der Waals surface area contributed by atoms with Crippen molar-refractivity contribution in [3.05, 3.63) is 17.0 Å². The van der Waals surface area contributed by atoms with Crippen LogP contribution in [0.5, 0.6) is 0 Å². The molecule has 0 aliphatic heterocycles. The number of nitrogens with zero attached hydrogens (tertiary/aromatic N) is 2. The topological polar surface area (TPSA) is 37.8 Å². The van der Waals surface area contributed by atoms with Crippen molar-refractivity contribution < 1.29 is 0 Å². The molecule has 0 amide bonds. The van der Waals surface area contributed by atoms with Gasteiger partial charge in [-0.3, -0.25) is 0 Å². The first-order valence-electron chi connectivity index (χ1n) is 3.41. The van der Waals surface area contributed by atoms with Crippen molar-refractivity contribution in [1.29, 1.82) is 0 Å². The van der Waals surface area contributed by atoms with Gasteiger partial charge in [-0.05, 0) is 18.5 Å². The molecule has 0 saturated carbocycles. The van der Waals surface area contributed by atoms with Gasteiger partial charge >= 0.3 is 0 Å². The Morgan fingerprint density at radius 2 is 2.42 bits per heavy atom. The smallest absolute Gasteiger partial charge is 0.224 e. The van der Waals surface area contributed by atoms with Crippen LogP contribution in [-0.2, 0) is 0 Å². The molecule has 0 atom stereocenters. The van der Waals surface area contributed by atoms with Gasteiger partial charge in [0.1, 0.15) is 5.82 Å². The minimum Gasteiger partial charge on any atom is -0.359 e. The highest BCUT2D eigenvalue weighted by Gasteiger charge is 1.97. The van der Waals surface area contributed by atoms with E-state index in [1.54, 1.807) is 6.07 Å². The Kier molecular flexibility index (Phi) is 2.89. The maximum atomic E-state index is 5.62. The van der Waals surface area contributed by atoms with E-state index in [4.69, 9.17) is 18.0 Å².